The van der Waals surface area contributed by atoms with Crippen molar-refractivity contribution in [1.29, 1.82) is 0 Å². The Morgan fingerprint density at radius 1 is 1.35 bits per heavy atom. The van der Waals surface area contributed by atoms with Crippen molar-refractivity contribution in [2.45, 2.75) is 19.4 Å². The lowest BCUT2D eigenvalue weighted by Crippen LogP contribution is -2.53. The molecule has 108 valence electrons. The Labute approximate surface area is 124 Å². The molecule has 20 heavy (non-hydrogen) atoms. The fourth-order valence-corrected chi connectivity index (χ4v) is 1.65. The van der Waals surface area contributed by atoms with Gasteiger partial charge in [-0.05, 0) is 19.9 Å². The lowest BCUT2D eigenvalue weighted by Gasteiger charge is -2.22. The maximum absolute atomic E-state index is 12.0. The molecule has 0 aliphatic carbocycles. The molecule has 7 nitrogen and oxygen atoms in total. The number of benzene rings is 1. The van der Waals surface area contributed by atoms with Gasteiger partial charge in [-0.2, -0.15) is 0 Å². The third kappa shape index (κ3) is 3.37. The van der Waals surface area contributed by atoms with Gasteiger partial charge in [-0.1, -0.05) is 23.2 Å². The molecule has 0 aliphatic heterocycles. The molecule has 3 N–H and O–H groups in total. The molecule has 0 radical (unpaired) electrons. The number of nitro groups is 1. The van der Waals surface area contributed by atoms with Crippen molar-refractivity contribution < 1.29 is 14.5 Å². The maximum atomic E-state index is 12.0. The molecule has 0 aromatic heterocycles. The largest absolute Gasteiger partial charge is 0.368 e. The van der Waals surface area contributed by atoms with Crippen LogP contribution in [-0.4, -0.2) is 22.3 Å². The Morgan fingerprint density at radius 2 is 1.90 bits per heavy atom. The highest BCUT2D eigenvalue weighted by Crippen LogP contribution is 2.33. The van der Waals surface area contributed by atoms with Gasteiger partial charge >= 0.3 is 0 Å². The van der Waals surface area contributed by atoms with E-state index in [1.807, 2.05) is 0 Å². The van der Waals surface area contributed by atoms with Gasteiger partial charge < -0.3 is 11.1 Å². The number of primary amides is 1. The average Bonchev–Trinajstić information content (AvgIpc) is 2.31. The molecular weight excluding hydrogens is 309 g/mol. The summed E-state index contributed by atoms with van der Waals surface area (Å²) in [4.78, 5) is 33.1. The smallest absolute Gasteiger partial charge is 0.290 e. The van der Waals surface area contributed by atoms with E-state index in [-0.39, 0.29) is 15.6 Å². The summed E-state index contributed by atoms with van der Waals surface area (Å²) in [5, 5.41) is 12.7. The van der Waals surface area contributed by atoms with Gasteiger partial charge in [0, 0.05) is 11.6 Å². The standard InChI is InChI=1S/C11H11Cl2N3O4/c1-11(2,10(14)18)15-9(17)5-3-6(12)8(13)7(4-5)16(19)20/h3-4H,1-2H3,(H2,14,18)(H,15,17). The number of amides is 2. The summed E-state index contributed by atoms with van der Waals surface area (Å²) in [7, 11) is 0. The lowest BCUT2D eigenvalue weighted by molar-refractivity contribution is -0.384. The first kappa shape index (κ1) is 16.2. The molecule has 0 spiro atoms. The molecule has 1 aromatic carbocycles. The molecule has 0 saturated heterocycles. The monoisotopic (exact) mass is 319 g/mol. The number of nitro benzene ring substituents is 1. The van der Waals surface area contributed by atoms with Crippen LogP contribution in [0.2, 0.25) is 10.0 Å². The number of halogens is 2. The Kier molecular flexibility index (Phi) is 4.57. The minimum absolute atomic E-state index is 0.0968. The van der Waals surface area contributed by atoms with Crippen LogP contribution in [0.3, 0.4) is 0 Å². The van der Waals surface area contributed by atoms with Crippen LogP contribution in [0.15, 0.2) is 12.1 Å². The summed E-state index contributed by atoms with van der Waals surface area (Å²) in [5.74, 6) is -1.48. The second-order valence-electron chi connectivity index (χ2n) is 4.49. The third-order valence-electron chi connectivity index (χ3n) is 2.51. The van der Waals surface area contributed by atoms with Crippen molar-refractivity contribution in [3.8, 4) is 0 Å². The zero-order valence-electron chi connectivity index (χ0n) is 10.6. The van der Waals surface area contributed by atoms with Crippen molar-refractivity contribution in [3.63, 3.8) is 0 Å². The Morgan fingerprint density at radius 3 is 2.35 bits per heavy atom. The summed E-state index contributed by atoms with van der Waals surface area (Å²) >= 11 is 11.4. The number of nitrogens with one attached hydrogen (secondary N) is 1. The fraction of sp³-hybridized carbons (Fsp3) is 0.273. The Bertz CT molecular complexity index is 602. The highest BCUT2D eigenvalue weighted by Gasteiger charge is 2.28. The van der Waals surface area contributed by atoms with E-state index in [1.165, 1.54) is 19.9 Å². The zero-order chi connectivity index (χ0) is 15.7. The predicted molar refractivity (Wildman–Crippen MR) is 73.9 cm³/mol. The molecule has 0 bridgehead atoms. The molecule has 0 unspecified atom stereocenters. The van der Waals surface area contributed by atoms with Crippen molar-refractivity contribution in [2.24, 2.45) is 5.73 Å². The van der Waals surface area contributed by atoms with E-state index in [4.69, 9.17) is 28.9 Å². The molecule has 9 heteroatoms. The number of carbonyl (C=O) groups excluding carboxylic acids is 2. The lowest BCUT2D eigenvalue weighted by atomic mass is 10.0. The number of hydrogen-bond donors (Lipinski definition) is 2. The first-order valence-corrected chi connectivity index (χ1v) is 6.07. The van der Waals surface area contributed by atoms with Crippen molar-refractivity contribution in [2.75, 3.05) is 0 Å². The number of hydrogen-bond acceptors (Lipinski definition) is 4. The summed E-state index contributed by atoms with van der Waals surface area (Å²) in [6.45, 7) is 2.80. The molecule has 0 atom stereocenters. The van der Waals surface area contributed by atoms with Crippen LogP contribution in [-0.2, 0) is 4.79 Å². The first-order chi connectivity index (χ1) is 9.06. The van der Waals surface area contributed by atoms with E-state index in [9.17, 15) is 19.7 Å². The Hall–Kier alpha value is -1.86. The second kappa shape index (κ2) is 5.64. The quantitative estimate of drug-likeness (QED) is 0.651. The minimum Gasteiger partial charge on any atom is -0.368 e. The molecule has 0 saturated carbocycles. The Balaban J connectivity index is 3.18. The third-order valence-corrected chi connectivity index (χ3v) is 3.30. The summed E-state index contributed by atoms with van der Waals surface area (Å²) in [6, 6.07) is 2.14. The number of carbonyl (C=O) groups is 2. The molecule has 0 heterocycles. The first-order valence-electron chi connectivity index (χ1n) is 5.32. The molecule has 1 aromatic rings. The van der Waals surface area contributed by atoms with Gasteiger partial charge in [0.1, 0.15) is 10.6 Å². The van der Waals surface area contributed by atoms with Crippen molar-refractivity contribution in [1.82, 2.24) is 5.32 Å². The van der Waals surface area contributed by atoms with Gasteiger partial charge in [0.05, 0.1) is 9.95 Å². The van der Waals surface area contributed by atoms with Gasteiger partial charge in [-0.15, -0.1) is 0 Å². The van der Waals surface area contributed by atoms with Crippen LogP contribution in [0.1, 0.15) is 24.2 Å². The summed E-state index contributed by atoms with van der Waals surface area (Å²) in [6.07, 6.45) is 0. The predicted octanol–water partition coefficient (Wildman–Crippen LogP) is 1.90. The van der Waals surface area contributed by atoms with Crippen molar-refractivity contribution in [3.05, 3.63) is 37.9 Å². The van der Waals surface area contributed by atoms with E-state index in [1.54, 1.807) is 0 Å². The van der Waals surface area contributed by atoms with Crippen LogP contribution in [0.5, 0.6) is 0 Å². The molecule has 0 fully saturated rings. The molecule has 2 amide bonds. The van der Waals surface area contributed by atoms with E-state index in [0.29, 0.717) is 0 Å². The van der Waals surface area contributed by atoms with E-state index < -0.39 is 28.0 Å². The van der Waals surface area contributed by atoms with Gasteiger partial charge in [0.25, 0.3) is 11.6 Å². The molecular formula is C11H11Cl2N3O4. The number of rotatable bonds is 4. The fourth-order valence-electron chi connectivity index (χ4n) is 1.26. The average molecular weight is 320 g/mol. The van der Waals surface area contributed by atoms with Crippen molar-refractivity contribution >= 4 is 40.7 Å². The van der Waals surface area contributed by atoms with E-state index >= 15 is 0 Å². The second-order valence-corrected chi connectivity index (χ2v) is 5.28. The van der Waals surface area contributed by atoms with Gasteiger partial charge in [-0.3, -0.25) is 19.7 Å². The summed E-state index contributed by atoms with van der Waals surface area (Å²) < 4.78 is 0. The van der Waals surface area contributed by atoms with Crippen LogP contribution in [0.25, 0.3) is 0 Å². The van der Waals surface area contributed by atoms with Gasteiger partial charge in [-0.25, -0.2) is 0 Å². The molecule has 1 rings (SSSR count). The zero-order valence-corrected chi connectivity index (χ0v) is 12.1. The summed E-state index contributed by atoms with van der Waals surface area (Å²) in [5.41, 5.74) is 3.22. The number of nitrogens with two attached hydrogens (primary N) is 1. The number of nitrogens with zero attached hydrogens (tertiary/aromatic N) is 1. The maximum Gasteiger partial charge on any atom is 0.290 e. The van der Waals surface area contributed by atoms with Crippen LogP contribution >= 0.6 is 23.2 Å². The highest BCUT2D eigenvalue weighted by atomic mass is 35.5. The highest BCUT2D eigenvalue weighted by molar-refractivity contribution is 6.43. The van der Waals surface area contributed by atoms with Gasteiger partial charge in [0.2, 0.25) is 5.91 Å². The van der Waals surface area contributed by atoms with Crippen LogP contribution in [0.4, 0.5) is 5.69 Å². The van der Waals surface area contributed by atoms with Crippen LogP contribution < -0.4 is 11.1 Å². The normalized spacial score (nSPS) is 11.0. The van der Waals surface area contributed by atoms with E-state index in [0.717, 1.165) is 6.07 Å². The molecule has 0 aliphatic rings. The van der Waals surface area contributed by atoms with Gasteiger partial charge in [0.15, 0.2) is 0 Å². The van der Waals surface area contributed by atoms with Crippen LogP contribution in [0, 0.1) is 10.1 Å². The SMILES string of the molecule is CC(C)(NC(=O)c1cc(Cl)c(Cl)c([N+](=O)[O-])c1)C(N)=O. The minimum atomic E-state index is -1.31. The van der Waals surface area contributed by atoms with E-state index in [2.05, 4.69) is 5.32 Å². The topological polar surface area (TPSA) is 115 Å².